The first-order valence-corrected chi connectivity index (χ1v) is 11.2. The Labute approximate surface area is 185 Å². The van der Waals surface area contributed by atoms with Crippen LogP contribution in [0.1, 0.15) is 63.0 Å². The fourth-order valence-corrected chi connectivity index (χ4v) is 4.31. The SMILES string of the molecule is CCC(O)(CC)C(=O)CCCCN(C)C(=O)OCC1c2ccccc2-c2ccccc21. The van der Waals surface area contributed by atoms with E-state index in [-0.39, 0.29) is 17.8 Å². The standard InChI is InChI=1S/C26H33NO4/c1-4-26(30,5-2)24(28)16-10-11-17-27(3)25(29)31-18-23-21-14-8-6-12-19(21)20-13-7-9-15-22(20)23/h6-9,12-15,23,30H,4-5,10-11,16-18H2,1-3H3. The summed E-state index contributed by atoms with van der Waals surface area (Å²) < 4.78 is 5.65. The predicted molar refractivity (Wildman–Crippen MR) is 122 cm³/mol. The van der Waals surface area contributed by atoms with Gasteiger partial charge in [0.05, 0.1) is 0 Å². The molecule has 0 saturated heterocycles. The summed E-state index contributed by atoms with van der Waals surface area (Å²) in [6.07, 6.45) is 2.17. The maximum Gasteiger partial charge on any atom is 0.409 e. The zero-order valence-electron chi connectivity index (χ0n) is 18.8. The van der Waals surface area contributed by atoms with E-state index in [1.807, 2.05) is 38.1 Å². The van der Waals surface area contributed by atoms with Gasteiger partial charge in [-0.15, -0.1) is 0 Å². The van der Waals surface area contributed by atoms with Gasteiger partial charge in [0.2, 0.25) is 0 Å². The molecule has 0 spiro atoms. The van der Waals surface area contributed by atoms with E-state index in [0.29, 0.717) is 45.3 Å². The van der Waals surface area contributed by atoms with Gasteiger partial charge in [0.1, 0.15) is 12.2 Å². The Morgan fingerprint density at radius 3 is 2.06 bits per heavy atom. The van der Waals surface area contributed by atoms with Gasteiger partial charge in [-0.05, 0) is 47.9 Å². The minimum Gasteiger partial charge on any atom is -0.448 e. The molecule has 166 valence electrons. The van der Waals surface area contributed by atoms with Crippen LogP contribution >= 0.6 is 0 Å². The number of amides is 1. The van der Waals surface area contributed by atoms with Crippen LogP contribution in [0.25, 0.3) is 11.1 Å². The molecule has 0 aliphatic heterocycles. The molecule has 0 atom stereocenters. The monoisotopic (exact) mass is 423 g/mol. The number of carbonyl (C=O) groups excluding carboxylic acids is 2. The normalized spacial score (nSPS) is 12.9. The quantitative estimate of drug-likeness (QED) is 0.536. The summed E-state index contributed by atoms with van der Waals surface area (Å²) in [5, 5.41) is 10.3. The Morgan fingerprint density at radius 1 is 0.968 bits per heavy atom. The second-order valence-electron chi connectivity index (χ2n) is 8.34. The van der Waals surface area contributed by atoms with Crippen molar-refractivity contribution < 1.29 is 19.4 Å². The van der Waals surface area contributed by atoms with Gasteiger partial charge in [-0.2, -0.15) is 0 Å². The van der Waals surface area contributed by atoms with Gasteiger partial charge < -0.3 is 14.7 Å². The zero-order valence-corrected chi connectivity index (χ0v) is 18.8. The third-order valence-corrected chi connectivity index (χ3v) is 6.48. The highest BCUT2D eigenvalue weighted by Crippen LogP contribution is 2.44. The van der Waals surface area contributed by atoms with Crippen molar-refractivity contribution in [3.05, 3.63) is 59.7 Å². The summed E-state index contributed by atoms with van der Waals surface area (Å²) in [5.74, 6) is -0.0653. The molecular formula is C26H33NO4. The molecule has 0 heterocycles. The Morgan fingerprint density at radius 2 is 1.52 bits per heavy atom. The van der Waals surface area contributed by atoms with E-state index < -0.39 is 5.60 Å². The number of unbranched alkanes of at least 4 members (excludes halogenated alkanes) is 1. The highest BCUT2D eigenvalue weighted by atomic mass is 16.6. The van der Waals surface area contributed by atoms with Gasteiger partial charge in [0.25, 0.3) is 0 Å². The maximum absolute atomic E-state index is 12.5. The average molecular weight is 424 g/mol. The number of hydrogen-bond donors (Lipinski definition) is 1. The van der Waals surface area contributed by atoms with Crippen LogP contribution in [0.4, 0.5) is 4.79 Å². The third-order valence-electron chi connectivity index (χ3n) is 6.48. The number of hydrogen-bond acceptors (Lipinski definition) is 4. The summed E-state index contributed by atoms with van der Waals surface area (Å²) >= 11 is 0. The smallest absolute Gasteiger partial charge is 0.409 e. The molecule has 0 radical (unpaired) electrons. The first-order valence-electron chi connectivity index (χ1n) is 11.2. The van der Waals surface area contributed by atoms with Crippen molar-refractivity contribution >= 4 is 11.9 Å². The van der Waals surface area contributed by atoms with Crippen molar-refractivity contribution in [2.75, 3.05) is 20.2 Å². The van der Waals surface area contributed by atoms with E-state index in [2.05, 4.69) is 24.3 Å². The predicted octanol–water partition coefficient (Wildman–Crippen LogP) is 5.16. The van der Waals surface area contributed by atoms with Crippen LogP contribution < -0.4 is 0 Å². The van der Waals surface area contributed by atoms with Crippen LogP contribution in [-0.2, 0) is 9.53 Å². The number of Topliss-reactive ketones (excluding diaryl/α,β-unsaturated/α-hetero) is 1. The summed E-state index contributed by atoms with van der Waals surface area (Å²) in [6, 6.07) is 16.5. The van der Waals surface area contributed by atoms with Gasteiger partial charge in [-0.1, -0.05) is 62.4 Å². The number of benzene rings is 2. The molecule has 5 heteroatoms. The van der Waals surface area contributed by atoms with Crippen molar-refractivity contribution in [1.82, 2.24) is 4.90 Å². The Kier molecular flexibility index (Phi) is 7.50. The first kappa shape index (κ1) is 23.0. The maximum atomic E-state index is 12.5. The van der Waals surface area contributed by atoms with Crippen molar-refractivity contribution in [3.63, 3.8) is 0 Å². The van der Waals surface area contributed by atoms with Gasteiger partial charge in [-0.25, -0.2) is 4.79 Å². The molecule has 0 unspecified atom stereocenters. The lowest BCUT2D eigenvalue weighted by Crippen LogP contribution is -2.37. The molecule has 1 aliphatic carbocycles. The molecule has 0 fully saturated rings. The number of ether oxygens (including phenoxy) is 1. The number of rotatable bonds is 10. The Hall–Kier alpha value is -2.66. The minimum absolute atomic E-state index is 0.0446. The molecule has 1 amide bonds. The lowest BCUT2D eigenvalue weighted by atomic mass is 9.89. The summed E-state index contributed by atoms with van der Waals surface area (Å²) in [7, 11) is 1.72. The van der Waals surface area contributed by atoms with Crippen molar-refractivity contribution in [2.24, 2.45) is 0 Å². The fourth-order valence-electron chi connectivity index (χ4n) is 4.31. The van der Waals surface area contributed by atoms with E-state index >= 15 is 0 Å². The highest BCUT2D eigenvalue weighted by molar-refractivity contribution is 5.86. The van der Waals surface area contributed by atoms with Crippen LogP contribution in [-0.4, -0.2) is 47.7 Å². The lowest BCUT2D eigenvalue weighted by molar-refractivity contribution is -0.138. The van der Waals surface area contributed by atoms with Crippen LogP contribution in [0.5, 0.6) is 0 Å². The molecule has 0 aromatic heterocycles. The van der Waals surface area contributed by atoms with E-state index in [4.69, 9.17) is 4.74 Å². The highest BCUT2D eigenvalue weighted by Gasteiger charge is 2.31. The molecule has 3 rings (SSSR count). The minimum atomic E-state index is -1.21. The van der Waals surface area contributed by atoms with Crippen LogP contribution in [0.15, 0.2) is 48.5 Å². The van der Waals surface area contributed by atoms with Gasteiger partial charge in [-0.3, -0.25) is 4.79 Å². The summed E-state index contributed by atoms with van der Waals surface area (Å²) in [5.41, 5.74) is 3.58. The molecule has 5 nitrogen and oxygen atoms in total. The second-order valence-corrected chi connectivity index (χ2v) is 8.34. The van der Waals surface area contributed by atoms with E-state index in [1.165, 1.54) is 22.3 Å². The van der Waals surface area contributed by atoms with Crippen molar-refractivity contribution in [2.45, 2.75) is 57.5 Å². The van der Waals surface area contributed by atoms with E-state index in [0.717, 1.165) is 0 Å². The van der Waals surface area contributed by atoms with E-state index in [9.17, 15) is 14.7 Å². The summed E-state index contributed by atoms with van der Waals surface area (Å²) in [6.45, 7) is 4.47. The topological polar surface area (TPSA) is 66.8 Å². The number of ketones is 1. The second kappa shape index (κ2) is 10.1. The van der Waals surface area contributed by atoms with Gasteiger partial charge >= 0.3 is 6.09 Å². The Balaban J connectivity index is 1.48. The molecule has 1 aliphatic rings. The molecule has 1 N–H and O–H groups in total. The molecule has 0 saturated carbocycles. The van der Waals surface area contributed by atoms with Crippen molar-refractivity contribution in [3.8, 4) is 11.1 Å². The number of carbonyl (C=O) groups is 2. The van der Waals surface area contributed by atoms with Crippen LogP contribution in [0.2, 0.25) is 0 Å². The lowest BCUT2D eigenvalue weighted by Gasteiger charge is -2.23. The van der Waals surface area contributed by atoms with Gasteiger partial charge in [0, 0.05) is 25.9 Å². The largest absolute Gasteiger partial charge is 0.448 e. The summed E-state index contributed by atoms with van der Waals surface area (Å²) in [4.78, 5) is 26.3. The molecule has 31 heavy (non-hydrogen) atoms. The molecule has 2 aromatic rings. The Bertz CT molecular complexity index is 874. The zero-order chi connectivity index (χ0) is 22.4. The van der Waals surface area contributed by atoms with E-state index in [1.54, 1.807) is 11.9 Å². The van der Waals surface area contributed by atoms with Crippen LogP contribution in [0.3, 0.4) is 0 Å². The van der Waals surface area contributed by atoms with Gasteiger partial charge in [0.15, 0.2) is 5.78 Å². The molecular weight excluding hydrogens is 390 g/mol. The van der Waals surface area contributed by atoms with Crippen molar-refractivity contribution in [1.29, 1.82) is 0 Å². The molecule has 2 aromatic carbocycles. The number of nitrogens with zero attached hydrogens (tertiary/aromatic N) is 1. The molecule has 0 bridgehead atoms. The van der Waals surface area contributed by atoms with Crippen LogP contribution in [0, 0.1) is 0 Å². The average Bonchev–Trinajstić information content (AvgIpc) is 3.13. The first-order chi connectivity index (χ1) is 14.9. The number of fused-ring (bicyclic) bond motifs is 3. The third kappa shape index (κ3) is 4.99. The number of aliphatic hydroxyl groups is 1. The fraction of sp³-hybridized carbons (Fsp3) is 0.462.